The molecule has 0 unspecified atom stereocenters. The van der Waals surface area contributed by atoms with Gasteiger partial charge in [-0.25, -0.2) is 0 Å². The lowest BCUT2D eigenvalue weighted by Crippen LogP contribution is -2.13. The monoisotopic (exact) mass is 443 g/mol. The Kier molecular flexibility index (Phi) is 4.22. The van der Waals surface area contributed by atoms with Gasteiger partial charge >= 0.3 is 0 Å². The predicted octanol–water partition coefficient (Wildman–Crippen LogP) is 3.66. The van der Waals surface area contributed by atoms with Crippen molar-refractivity contribution >= 4 is 45.0 Å². The number of hydrogen-bond donors (Lipinski definition) is 2. The first-order valence-corrected chi connectivity index (χ1v) is 8.78. The zero-order chi connectivity index (χ0) is 17.2. The van der Waals surface area contributed by atoms with Gasteiger partial charge in [-0.2, -0.15) is 10.2 Å². The summed E-state index contributed by atoms with van der Waals surface area (Å²) in [7, 11) is 0. The summed E-state index contributed by atoms with van der Waals surface area (Å²) < 4.78 is 2.59. The Morgan fingerprint density at radius 2 is 2.00 bits per heavy atom. The minimum Gasteiger partial charge on any atom is -0.318 e. The van der Waals surface area contributed by atoms with E-state index in [-0.39, 0.29) is 5.91 Å². The van der Waals surface area contributed by atoms with Crippen LogP contribution in [-0.2, 0) is 6.54 Å². The number of halogens is 1. The van der Waals surface area contributed by atoms with E-state index in [1.807, 2.05) is 29.1 Å². The van der Waals surface area contributed by atoms with E-state index in [0.29, 0.717) is 17.9 Å². The third-order valence-corrected chi connectivity index (χ3v) is 4.74. The van der Waals surface area contributed by atoms with Gasteiger partial charge in [-0.05, 0) is 38.9 Å². The summed E-state index contributed by atoms with van der Waals surface area (Å²) in [6.45, 7) is 0.638. The van der Waals surface area contributed by atoms with E-state index in [2.05, 4.69) is 67.5 Å². The van der Waals surface area contributed by atoms with Gasteiger partial charge in [0.25, 0.3) is 5.91 Å². The molecule has 25 heavy (non-hydrogen) atoms. The van der Waals surface area contributed by atoms with E-state index in [9.17, 15) is 4.79 Å². The van der Waals surface area contributed by atoms with Crippen molar-refractivity contribution in [1.82, 2.24) is 20.0 Å². The molecule has 1 amide bonds. The highest BCUT2D eigenvalue weighted by atomic mass is 127. The minimum absolute atomic E-state index is 0.230. The molecule has 4 aromatic rings. The van der Waals surface area contributed by atoms with Gasteiger partial charge in [0, 0.05) is 6.20 Å². The number of rotatable bonds is 4. The summed E-state index contributed by atoms with van der Waals surface area (Å²) in [5, 5.41) is 16.1. The first-order valence-electron chi connectivity index (χ1n) is 7.70. The summed E-state index contributed by atoms with van der Waals surface area (Å²) in [5.74, 6) is -0.230. The van der Waals surface area contributed by atoms with Gasteiger partial charge in [0.2, 0.25) is 0 Å². The Bertz CT molecular complexity index is 1050. The summed E-state index contributed by atoms with van der Waals surface area (Å²) in [6.07, 6.45) is 5.08. The van der Waals surface area contributed by atoms with Crippen LogP contribution in [-0.4, -0.2) is 25.9 Å². The van der Waals surface area contributed by atoms with Crippen LogP contribution in [0.15, 0.2) is 61.1 Å². The average Bonchev–Trinajstić information content (AvgIpc) is 3.24. The predicted molar refractivity (Wildman–Crippen MR) is 105 cm³/mol. The van der Waals surface area contributed by atoms with Crippen molar-refractivity contribution in [2.24, 2.45) is 0 Å². The van der Waals surface area contributed by atoms with Crippen molar-refractivity contribution in [3.05, 3.63) is 75.9 Å². The Morgan fingerprint density at radius 3 is 2.84 bits per heavy atom. The van der Waals surface area contributed by atoms with Gasteiger partial charge in [0.1, 0.15) is 5.69 Å². The van der Waals surface area contributed by atoms with E-state index in [0.717, 1.165) is 3.57 Å². The average molecular weight is 443 g/mol. The molecule has 0 saturated carbocycles. The Balaban J connectivity index is 1.53. The van der Waals surface area contributed by atoms with E-state index >= 15 is 0 Å². The number of anilines is 1. The van der Waals surface area contributed by atoms with Crippen molar-refractivity contribution in [3.8, 4) is 0 Å². The molecular weight excluding hydrogens is 429 g/mol. The van der Waals surface area contributed by atoms with Crippen LogP contribution in [0, 0.1) is 3.57 Å². The highest BCUT2D eigenvalue weighted by Crippen LogP contribution is 2.20. The number of hydrogen-bond acceptors (Lipinski definition) is 3. The fourth-order valence-electron chi connectivity index (χ4n) is 2.74. The molecule has 0 aliphatic carbocycles. The Morgan fingerprint density at radius 1 is 1.16 bits per heavy atom. The van der Waals surface area contributed by atoms with E-state index in [4.69, 9.17) is 0 Å². The number of carbonyl (C=O) groups excluding carboxylic acids is 1. The molecule has 0 fully saturated rings. The van der Waals surface area contributed by atoms with E-state index in [1.54, 1.807) is 12.4 Å². The number of benzene rings is 2. The van der Waals surface area contributed by atoms with E-state index in [1.165, 1.54) is 16.3 Å². The number of H-pyrrole nitrogens is 1. The molecule has 4 rings (SSSR count). The second kappa shape index (κ2) is 6.67. The highest BCUT2D eigenvalue weighted by Gasteiger charge is 2.13. The van der Waals surface area contributed by atoms with Gasteiger partial charge in [-0.1, -0.05) is 42.5 Å². The van der Waals surface area contributed by atoms with Crippen LogP contribution < -0.4 is 5.32 Å². The second-order valence-electron chi connectivity index (χ2n) is 5.61. The van der Waals surface area contributed by atoms with Crippen LogP contribution in [0.25, 0.3) is 10.8 Å². The van der Waals surface area contributed by atoms with Crippen LogP contribution >= 0.6 is 22.6 Å². The SMILES string of the molecule is O=C(Nc1cnn(Cc2cccc3ccccc23)c1)c1[nH]ncc1I. The zero-order valence-corrected chi connectivity index (χ0v) is 15.3. The standard InChI is InChI=1S/C18H14IN5O/c19-16-9-20-23-17(16)18(25)22-14-8-21-24(11-14)10-13-6-3-5-12-4-1-2-7-15(12)13/h1-9,11H,10H2,(H,20,23)(H,22,25). The number of aromatic amines is 1. The number of nitrogens with zero attached hydrogens (tertiary/aromatic N) is 3. The summed E-state index contributed by atoms with van der Waals surface area (Å²) in [4.78, 5) is 12.2. The number of amides is 1. The number of nitrogens with one attached hydrogen (secondary N) is 2. The molecule has 2 aromatic heterocycles. The molecule has 7 heteroatoms. The highest BCUT2D eigenvalue weighted by molar-refractivity contribution is 14.1. The van der Waals surface area contributed by atoms with Crippen LogP contribution in [0.2, 0.25) is 0 Å². The van der Waals surface area contributed by atoms with Crippen LogP contribution in [0.5, 0.6) is 0 Å². The van der Waals surface area contributed by atoms with E-state index < -0.39 is 0 Å². The molecule has 124 valence electrons. The maximum Gasteiger partial charge on any atom is 0.274 e. The van der Waals surface area contributed by atoms with Crippen molar-refractivity contribution in [2.75, 3.05) is 5.32 Å². The third-order valence-electron chi connectivity index (χ3n) is 3.92. The Hall–Kier alpha value is -2.68. The lowest BCUT2D eigenvalue weighted by molar-refractivity contribution is 0.102. The van der Waals surface area contributed by atoms with Crippen molar-refractivity contribution in [3.63, 3.8) is 0 Å². The first-order chi connectivity index (χ1) is 12.2. The van der Waals surface area contributed by atoms with Crippen molar-refractivity contribution in [1.29, 1.82) is 0 Å². The number of fused-ring (bicyclic) bond motifs is 1. The van der Waals surface area contributed by atoms with Crippen molar-refractivity contribution < 1.29 is 4.79 Å². The summed E-state index contributed by atoms with van der Waals surface area (Å²) in [6, 6.07) is 14.5. The summed E-state index contributed by atoms with van der Waals surface area (Å²) in [5.41, 5.74) is 2.28. The number of carbonyl (C=O) groups is 1. The smallest absolute Gasteiger partial charge is 0.274 e. The molecule has 0 spiro atoms. The molecule has 0 bridgehead atoms. The normalized spacial score (nSPS) is 10.9. The molecule has 0 atom stereocenters. The fourth-order valence-corrected chi connectivity index (χ4v) is 3.25. The van der Waals surface area contributed by atoms with Gasteiger partial charge < -0.3 is 5.32 Å². The molecule has 2 N–H and O–H groups in total. The second-order valence-corrected chi connectivity index (χ2v) is 6.77. The molecule has 6 nitrogen and oxygen atoms in total. The molecule has 0 aliphatic heterocycles. The van der Waals surface area contributed by atoms with Gasteiger partial charge in [0.05, 0.1) is 28.2 Å². The molecule has 0 aliphatic rings. The summed E-state index contributed by atoms with van der Waals surface area (Å²) >= 11 is 2.07. The van der Waals surface area contributed by atoms with Gasteiger partial charge in [0.15, 0.2) is 0 Å². The van der Waals surface area contributed by atoms with Gasteiger partial charge in [-0.15, -0.1) is 0 Å². The van der Waals surface area contributed by atoms with Crippen LogP contribution in [0.4, 0.5) is 5.69 Å². The number of aromatic nitrogens is 4. The van der Waals surface area contributed by atoms with Crippen LogP contribution in [0.3, 0.4) is 0 Å². The molecule has 0 radical (unpaired) electrons. The molecule has 0 saturated heterocycles. The maximum atomic E-state index is 12.2. The minimum atomic E-state index is -0.230. The Labute approximate surface area is 157 Å². The lowest BCUT2D eigenvalue weighted by atomic mass is 10.0. The zero-order valence-electron chi connectivity index (χ0n) is 13.1. The molecule has 2 heterocycles. The lowest BCUT2D eigenvalue weighted by Gasteiger charge is -2.06. The third kappa shape index (κ3) is 3.27. The fraction of sp³-hybridized carbons (Fsp3) is 0.0556. The van der Waals surface area contributed by atoms with Crippen molar-refractivity contribution in [2.45, 2.75) is 6.54 Å². The van der Waals surface area contributed by atoms with Gasteiger partial charge in [-0.3, -0.25) is 14.6 Å². The van der Waals surface area contributed by atoms with Crippen LogP contribution in [0.1, 0.15) is 16.1 Å². The molecule has 2 aromatic carbocycles. The molecular formula is C18H14IN5O. The largest absolute Gasteiger partial charge is 0.318 e. The quantitative estimate of drug-likeness (QED) is 0.473. The topological polar surface area (TPSA) is 75.6 Å². The maximum absolute atomic E-state index is 12.2. The first kappa shape index (κ1) is 15.8.